The fraction of sp³-hybridized carbons (Fsp3) is 0.950. The molecule has 0 aromatic heterocycles. The molecule has 26 heavy (non-hydrogen) atoms. The zero-order valence-electron chi connectivity index (χ0n) is 17.0. The largest absolute Gasteiger partial charge is 0.381 e. The normalized spacial score (nSPS) is 22.7. The molecule has 1 atom stereocenters. The number of aliphatic imine (C=N–C) groups is 1. The maximum Gasteiger partial charge on any atom is 0.191 e. The Balaban J connectivity index is 1.52. The van der Waals surface area contributed by atoms with E-state index in [1.54, 1.807) is 0 Å². The minimum Gasteiger partial charge on any atom is -0.381 e. The van der Waals surface area contributed by atoms with E-state index in [0.29, 0.717) is 5.92 Å². The summed E-state index contributed by atoms with van der Waals surface area (Å²) < 4.78 is 11.1. The molecule has 6 heteroatoms. The predicted molar refractivity (Wildman–Crippen MR) is 108 cm³/mol. The number of hydrogen-bond donors (Lipinski definition) is 2. The van der Waals surface area contributed by atoms with Gasteiger partial charge in [-0.15, -0.1) is 0 Å². The van der Waals surface area contributed by atoms with Gasteiger partial charge in [-0.05, 0) is 64.6 Å². The van der Waals surface area contributed by atoms with Crippen molar-refractivity contribution in [3.8, 4) is 0 Å². The quantitative estimate of drug-likeness (QED) is 0.332. The topological polar surface area (TPSA) is 58.1 Å². The highest BCUT2D eigenvalue weighted by Crippen LogP contribution is 2.19. The van der Waals surface area contributed by atoms with Gasteiger partial charge in [0.25, 0.3) is 0 Å². The molecule has 152 valence electrons. The molecule has 2 heterocycles. The smallest absolute Gasteiger partial charge is 0.191 e. The van der Waals surface area contributed by atoms with Gasteiger partial charge < -0.3 is 25.0 Å². The summed E-state index contributed by atoms with van der Waals surface area (Å²) in [5.41, 5.74) is 0. The number of ether oxygens (including phenoxy) is 2. The van der Waals surface area contributed by atoms with Crippen LogP contribution in [0.25, 0.3) is 0 Å². The number of hydrogen-bond acceptors (Lipinski definition) is 4. The third kappa shape index (κ3) is 8.69. The van der Waals surface area contributed by atoms with Gasteiger partial charge in [-0.25, -0.2) is 0 Å². The second kappa shape index (κ2) is 13.3. The molecule has 2 N–H and O–H groups in total. The van der Waals surface area contributed by atoms with Crippen LogP contribution in [0.4, 0.5) is 0 Å². The highest BCUT2D eigenvalue weighted by Gasteiger charge is 2.17. The highest BCUT2D eigenvalue weighted by atomic mass is 16.5. The molecule has 0 aliphatic carbocycles. The Morgan fingerprint density at radius 1 is 1.15 bits per heavy atom. The van der Waals surface area contributed by atoms with Gasteiger partial charge in [0, 0.05) is 38.8 Å². The molecule has 0 spiro atoms. The molecule has 1 unspecified atom stereocenters. The molecule has 0 aromatic carbocycles. The summed E-state index contributed by atoms with van der Waals surface area (Å²) >= 11 is 0. The van der Waals surface area contributed by atoms with Gasteiger partial charge in [0.1, 0.15) is 0 Å². The number of nitrogens with one attached hydrogen (secondary N) is 2. The lowest BCUT2D eigenvalue weighted by atomic mass is 9.93. The first-order valence-electron chi connectivity index (χ1n) is 10.7. The van der Waals surface area contributed by atoms with Crippen molar-refractivity contribution in [2.24, 2.45) is 16.8 Å². The number of guanidine groups is 1. The van der Waals surface area contributed by atoms with Crippen LogP contribution in [0, 0.1) is 11.8 Å². The van der Waals surface area contributed by atoms with E-state index in [9.17, 15) is 0 Å². The molecule has 2 saturated heterocycles. The van der Waals surface area contributed by atoms with Crippen LogP contribution in [0.2, 0.25) is 0 Å². The van der Waals surface area contributed by atoms with E-state index in [4.69, 9.17) is 9.47 Å². The highest BCUT2D eigenvalue weighted by molar-refractivity contribution is 5.79. The molecule has 2 aliphatic rings. The van der Waals surface area contributed by atoms with E-state index in [1.807, 2.05) is 0 Å². The number of nitrogens with zero attached hydrogens (tertiary/aromatic N) is 2. The number of piperidine rings is 1. The van der Waals surface area contributed by atoms with E-state index in [-0.39, 0.29) is 0 Å². The Kier molecular flexibility index (Phi) is 11.0. The molecule has 0 saturated carbocycles. The summed E-state index contributed by atoms with van der Waals surface area (Å²) in [7, 11) is 0. The van der Waals surface area contributed by atoms with Gasteiger partial charge in [0.15, 0.2) is 5.96 Å². The van der Waals surface area contributed by atoms with Crippen molar-refractivity contribution in [3.63, 3.8) is 0 Å². The second-order valence-electron chi connectivity index (χ2n) is 7.51. The van der Waals surface area contributed by atoms with Gasteiger partial charge in [-0.1, -0.05) is 6.92 Å². The minimum absolute atomic E-state index is 0.599. The van der Waals surface area contributed by atoms with E-state index in [1.165, 1.54) is 38.9 Å². The lowest BCUT2D eigenvalue weighted by Gasteiger charge is -2.31. The van der Waals surface area contributed by atoms with Crippen LogP contribution < -0.4 is 10.6 Å². The summed E-state index contributed by atoms with van der Waals surface area (Å²) in [6.07, 6.45) is 6.04. The van der Waals surface area contributed by atoms with Crippen LogP contribution in [0.3, 0.4) is 0 Å². The van der Waals surface area contributed by atoms with Crippen LogP contribution in [0.5, 0.6) is 0 Å². The predicted octanol–water partition coefficient (Wildman–Crippen LogP) is 2.11. The van der Waals surface area contributed by atoms with Crippen molar-refractivity contribution >= 4 is 5.96 Å². The average Bonchev–Trinajstić information content (AvgIpc) is 3.18. The zero-order valence-corrected chi connectivity index (χ0v) is 17.0. The molecular weight excluding hydrogens is 328 g/mol. The van der Waals surface area contributed by atoms with Crippen LogP contribution in [-0.2, 0) is 9.47 Å². The van der Waals surface area contributed by atoms with Crippen LogP contribution >= 0.6 is 0 Å². The maximum atomic E-state index is 5.74. The molecule has 0 radical (unpaired) electrons. The third-order valence-electron chi connectivity index (χ3n) is 5.44. The molecular formula is C20H40N4O2. The van der Waals surface area contributed by atoms with Gasteiger partial charge in [0.2, 0.25) is 0 Å². The third-order valence-corrected chi connectivity index (χ3v) is 5.44. The van der Waals surface area contributed by atoms with Gasteiger partial charge in [-0.3, -0.25) is 4.99 Å². The van der Waals surface area contributed by atoms with Crippen LogP contribution in [0.15, 0.2) is 4.99 Å². The summed E-state index contributed by atoms with van der Waals surface area (Å²) in [5.74, 6) is 2.41. The first-order valence-corrected chi connectivity index (χ1v) is 10.7. The molecule has 2 aliphatic heterocycles. The lowest BCUT2D eigenvalue weighted by Crippen LogP contribution is -2.39. The molecule has 6 nitrogen and oxygen atoms in total. The molecule has 0 aromatic rings. The molecule has 2 rings (SSSR count). The Morgan fingerprint density at radius 2 is 2.00 bits per heavy atom. The van der Waals surface area contributed by atoms with Crippen molar-refractivity contribution in [1.82, 2.24) is 15.5 Å². The van der Waals surface area contributed by atoms with Crippen LogP contribution in [-0.4, -0.2) is 76.6 Å². The molecule has 0 bridgehead atoms. The Morgan fingerprint density at radius 3 is 2.69 bits per heavy atom. The average molecular weight is 369 g/mol. The maximum absolute atomic E-state index is 5.74. The summed E-state index contributed by atoms with van der Waals surface area (Å²) in [4.78, 5) is 7.23. The van der Waals surface area contributed by atoms with Crippen molar-refractivity contribution in [2.45, 2.75) is 46.0 Å². The van der Waals surface area contributed by atoms with Crippen molar-refractivity contribution in [1.29, 1.82) is 0 Å². The molecule has 0 amide bonds. The van der Waals surface area contributed by atoms with E-state index in [2.05, 4.69) is 34.4 Å². The van der Waals surface area contributed by atoms with Crippen molar-refractivity contribution < 1.29 is 9.47 Å². The minimum atomic E-state index is 0.599. The Bertz CT molecular complexity index is 378. The zero-order chi connectivity index (χ0) is 18.5. The fourth-order valence-corrected chi connectivity index (χ4v) is 3.65. The van der Waals surface area contributed by atoms with Gasteiger partial charge in [-0.2, -0.15) is 0 Å². The van der Waals surface area contributed by atoms with Crippen molar-refractivity contribution in [3.05, 3.63) is 0 Å². The molecule has 2 fully saturated rings. The Hall–Kier alpha value is -0.850. The van der Waals surface area contributed by atoms with E-state index < -0.39 is 0 Å². The summed E-state index contributed by atoms with van der Waals surface area (Å²) in [6.45, 7) is 14.2. The van der Waals surface area contributed by atoms with Gasteiger partial charge >= 0.3 is 0 Å². The Labute approximate surface area is 160 Å². The van der Waals surface area contributed by atoms with E-state index >= 15 is 0 Å². The number of rotatable bonds is 11. The van der Waals surface area contributed by atoms with Gasteiger partial charge in [0.05, 0.1) is 13.2 Å². The second-order valence-corrected chi connectivity index (χ2v) is 7.51. The standard InChI is InChI=1S/C20H40N4O2/c1-3-21-20(22-10-5-14-25-16-19-9-15-26-17-19)23-11-6-18-7-12-24(4-2)13-8-18/h18-19H,3-17H2,1-2H3,(H2,21,22,23). The summed E-state index contributed by atoms with van der Waals surface area (Å²) in [6, 6.07) is 0. The SMILES string of the molecule is CCNC(=NCCCOCC1CCOC1)NCCC1CCN(CC)CC1. The van der Waals surface area contributed by atoms with Crippen LogP contribution in [0.1, 0.15) is 46.0 Å². The number of likely N-dealkylation sites (tertiary alicyclic amines) is 1. The monoisotopic (exact) mass is 368 g/mol. The van der Waals surface area contributed by atoms with E-state index in [0.717, 1.165) is 70.8 Å². The first-order chi connectivity index (χ1) is 12.8. The lowest BCUT2D eigenvalue weighted by molar-refractivity contribution is 0.0893. The fourth-order valence-electron chi connectivity index (χ4n) is 3.65. The van der Waals surface area contributed by atoms with Crippen molar-refractivity contribution in [2.75, 3.05) is 65.7 Å². The summed E-state index contributed by atoms with van der Waals surface area (Å²) in [5, 5.41) is 6.84. The first kappa shape index (κ1) is 21.5.